The van der Waals surface area contributed by atoms with Crippen LogP contribution < -0.4 is 0 Å². The molecule has 0 atom stereocenters. The summed E-state index contributed by atoms with van der Waals surface area (Å²) in [6.07, 6.45) is -0.0915. The molecule has 1 amide bonds. The molecule has 0 spiro atoms. The van der Waals surface area contributed by atoms with Gasteiger partial charge < -0.3 is 9.64 Å². The molecule has 0 unspecified atom stereocenters. The minimum absolute atomic E-state index is 0.254. The standard InChI is InChI=1S/C12H20N6O2/c1-5-17(11(19)20-12(2,3)4)9-10-14-15-16-18(10)8-6-7-13/h5-6,8-9H2,1-4H3. The van der Waals surface area contributed by atoms with Crippen LogP contribution in [0.4, 0.5) is 4.79 Å². The molecule has 0 aromatic carbocycles. The molecule has 1 heterocycles. The van der Waals surface area contributed by atoms with Crippen molar-refractivity contribution in [2.24, 2.45) is 0 Å². The van der Waals surface area contributed by atoms with Crippen molar-refractivity contribution < 1.29 is 9.53 Å². The van der Waals surface area contributed by atoms with Crippen molar-refractivity contribution in [2.45, 2.75) is 52.8 Å². The van der Waals surface area contributed by atoms with E-state index in [2.05, 4.69) is 15.5 Å². The van der Waals surface area contributed by atoms with Gasteiger partial charge in [0.1, 0.15) is 5.60 Å². The monoisotopic (exact) mass is 280 g/mol. The van der Waals surface area contributed by atoms with Crippen LogP contribution in [0.5, 0.6) is 0 Å². The molecule has 1 aromatic heterocycles. The number of aromatic nitrogens is 4. The minimum atomic E-state index is -0.544. The molecule has 0 radical (unpaired) electrons. The fourth-order valence-electron chi connectivity index (χ4n) is 1.47. The highest BCUT2D eigenvalue weighted by molar-refractivity contribution is 5.67. The normalized spacial score (nSPS) is 10.9. The second kappa shape index (κ2) is 6.84. The molecule has 1 rings (SSSR count). The summed E-state index contributed by atoms with van der Waals surface area (Å²) >= 11 is 0. The first-order valence-corrected chi connectivity index (χ1v) is 6.47. The zero-order valence-electron chi connectivity index (χ0n) is 12.3. The van der Waals surface area contributed by atoms with Crippen molar-refractivity contribution in [3.63, 3.8) is 0 Å². The van der Waals surface area contributed by atoms with E-state index in [0.29, 0.717) is 25.3 Å². The van der Waals surface area contributed by atoms with Gasteiger partial charge in [0, 0.05) is 6.54 Å². The molecular weight excluding hydrogens is 260 g/mol. The molecule has 20 heavy (non-hydrogen) atoms. The molecule has 0 bridgehead atoms. The van der Waals surface area contributed by atoms with E-state index < -0.39 is 11.7 Å². The Bertz CT molecular complexity index is 485. The molecule has 0 fully saturated rings. The fraction of sp³-hybridized carbons (Fsp3) is 0.750. The molecule has 0 aliphatic carbocycles. The lowest BCUT2D eigenvalue weighted by molar-refractivity contribution is 0.0237. The SMILES string of the molecule is CCN(Cc1nnnn1CCC#N)C(=O)OC(C)(C)C. The van der Waals surface area contributed by atoms with E-state index in [9.17, 15) is 4.79 Å². The number of nitrogens with zero attached hydrogens (tertiary/aromatic N) is 6. The van der Waals surface area contributed by atoms with E-state index in [1.807, 2.05) is 33.8 Å². The number of nitriles is 1. The molecule has 0 aliphatic rings. The number of aryl methyl sites for hydroxylation is 1. The highest BCUT2D eigenvalue weighted by atomic mass is 16.6. The van der Waals surface area contributed by atoms with Gasteiger partial charge in [0.25, 0.3) is 0 Å². The Balaban J connectivity index is 2.71. The predicted molar refractivity (Wildman–Crippen MR) is 70.4 cm³/mol. The summed E-state index contributed by atoms with van der Waals surface area (Å²) in [4.78, 5) is 13.5. The number of hydrogen-bond acceptors (Lipinski definition) is 6. The number of amides is 1. The van der Waals surface area contributed by atoms with Crippen LogP contribution in [0.25, 0.3) is 0 Å². The molecule has 0 N–H and O–H groups in total. The molecular formula is C12H20N6O2. The third kappa shape index (κ3) is 4.84. The van der Waals surface area contributed by atoms with Gasteiger partial charge in [-0.3, -0.25) is 0 Å². The van der Waals surface area contributed by atoms with E-state index in [4.69, 9.17) is 10.00 Å². The van der Waals surface area contributed by atoms with E-state index >= 15 is 0 Å². The average molecular weight is 280 g/mol. The van der Waals surface area contributed by atoms with E-state index in [0.717, 1.165) is 0 Å². The van der Waals surface area contributed by atoms with Gasteiger partial charge in [-0.15, -0.1) is 5.10 Å². The maximum atomic E-state index is 12.0. The molecule has 1 aromatic rings. The van der Waals surface area contributed by atoms with E-state index in [1.54, 1.807) is 0 Å². The minimum Gasteiger partial charge on any atom is -0.444 e. The summed E-state index contributed by atoms with van der Waals surface area (Å²) in [5, 5.41) is 19.8. The molecule has 0 saturated carbocycles. The quantitative estimate of drug-likeness (QED) is 0.807. The first kappa shape index (κ1) is 15.9. The van der Waals surface area contributed by atoms with Crippen molar-refractivity contribution in [1.29, 1.82) is 5.26 Å². The lowest BCUT2D eigenvalue weighted by Crippen LogP contribution is -2.37. The second-order valence-corrected chi connectivity index (χ2v) is 5.22. The van der Waals surface area contributed by atoms with Gasteiger partial charge in [-0.1, -0.05) is 0 Å². The number of tetrazole rings is 1. The van der Waals surface area contributed by atoms with Gasteiger partial charge in [0.15, 0.2) is 5.82 Å². The Morgan fingerprint density at radius 1 is 1.50 bits per heavy atom. The Morgan fingerprint density at radius 3 is 2.75 bits per heavy atom. The summed E-state index contributed by atoms with van der Waals surface area (Å²) in [6, 6.07) is 2.03. The van der Waals surface area contributed by atoms with Gasteiger partial charge in [-0.25, -0.2) is 9.48 Å². The molecule has 8 heteroatoms. The fourth-order valence-corrected chi connectivity index (χ4v) is 1.47. The van der Waals surface area contributed by atoms with Gasteiger partial charge in [0.2, 0.25) is 0 Å². The maximum Gasteiger partial charge on any atom is 0.410 e. The Morgan fingerprint density at radius 2 is 2.20 bits per heavy atom. The summed E-state index contributed by atoms with van der Waals surface area (Å²) in [5.41, 5.74) is -0.544. The Hall–Kier alpha value is -2.17. The Kier molecular flexibility index (Phi) is 5.43. The van der Waals surface area contributed by atoms with E-state index in [1.165, 1.54) is 9.58 Å². The summed E-state index contributed by atoms with van der Waals surface area (Å²) in [6.45, 7) is 8.45. The predicted octanol–water partition coefficient (Wildman–Crippen LogP) is 1.34. The second-order valence-electron chi connectivity index (χ2n) is 5.22. The molecule has 0 aliphatic heterocycles. The highest BCUT2D eigenvalue weighted by Gasteiger charge is 2.22. The lowest BCUT2D eigenvalue weighted by atomic mass is 10.2. The zero-order valence-corrected chi connectivity index (χ0v) is 12.3. The van der Waals surface area contributed by atoms with Crippen LogP contribution in [0, 0.1) is 11.3 Å². The van der Waals surface area contributed by atoms with Gasteiger partial charge in [-0.05, 0) is 38.1 Å². The van der Waals surface area contributed by atoms with Crippen molar-refractivity contribution in [3.8, 4) is 6.07 Å². The van der Waals surface area contributed by atoms with Gasteiger partial charge in [-0.2, -0.15) is 5.26 Å². The number of carbonyl (C=O) groups excluding carboxylic acids is 1. The van der Waals surface area contributed by atoms with Crippen LogP contribution in [-0.4, -0.2) is 43.3 Å². The third-order valence-electron chi connectivity index (χ3n) is 2.41. The van der Waals surface area contributed by atoms with Crippen LogP contribution in [0.15, 0.2) is 0 Å². The zero-order chi connectivity index (χ0) is 15.2. The van der Waals surface area contributed by atoms with Crippen LogP contribution in [0.1, 0.15) is 39.9 Å². The first-order valence-electron chi connectivity index (χ1n) is 6.47. The summed E-state index contributed by atoms with van der Waals surface area (Å²) in [7, 11) is 0. The van der Waals surface area contributed by atoms with Crippen molar-refractivity contribution in [1.82, 2.24) is 25.1 Å². The smallest absolute Gasteiger partial charge is 0.410 e. The number of hydrogen-bond donors (Lipinski definition) is 0. The highest BCUT2D eigenvalue weighted by Crippen LogP contribution is 2.11. The van der Waals surface area contributed by atoms with Crippen LogP contribution in [0.3, 0.4) is 0 Å². The topological polar surface area (TPSA) is 96.9 Å². The Labute approximate surface area is 118 Å². The average Bonchev–Trinajstić information content (AvgIpc) is 2.78. The van der Waals surface area contributed by atoms with Crippen LogP contribution >= 0.6 is 0 Å². The van der Waals surface area contributed by atoms with E-state index in [-0.39, 0.29) is 6.54 Å². The largest absolute Gasteiger partial charge is 0.444 e. The maximum absolute atomic E-state index is 12.0. The summed E-state index contributed by atoms with van der Waals surface area (Å²) in [5.74, 6) is 0.535. The molecule has 110 valence electrons. The van der Waals surface area contributed by atoms with Crippen LogP contribution in [-0.2, 0) is 17.8 Å². The number of rotatable bonds is 5. The number of ether oxygens (including phenoxy) is 1. The third-order valence-corrected chi connectivity index (χ3v) is 2.41. The van der Waals surface area contributed by atoms with Crippen molar-refractivity contribution >= 4 is 6.09 Å². The van der Waals surface area contributed by atoms with Crippen LogP contribution in [0.2, 0.25) is 0 Å². The lowest BCUT2D eigenvalue weighted by Gasteiger charge is -2.26. The molecule has 0 saturated heterocycles. The van der Waals surface area contributed by atoms with Crippen molar-refractivity contribution in [3.05, 3.63) is 5.82 Å². The summed E-state index contributed by atoms with van der Waals surface area (Å²) < 4.78 is 6.84. The van der Waals surface area contributed by atoms with Gasteiger partial charge >= 0.3 is 6.09 Å². The number of carbonyl (C=O) groups is 1. The van der Waals surface area contributed by atoms with Gasteiger partial charge in [0.05, 0.1) is 25.6 Å². The first-order chi connectivity index (χ1) is 9.37. The molecule has 8 nitrogen and oxygen atoms in total. The van der Waals surface area contributed by atoms with Crippen molar-refractivity contribution in [2.75, 3.05) is 6.54 Å².